The minimum atomic E-state index is -0.729. The number of carbonyl (C=O) groups excluding carboxylic acids is 1. The van der Waals surface area contributed by atoms with E-state index in [0.717, 1.165) is 116 Å². The number of fused-ring (bicyclic) bond motifs is 10. The summed E-state index contributed by atoms with van der Waals surface area (Å²) in [6, 6.07) is 81.9. The molecule has 20 heteroatoms. The average molecular weight is 2230 g/mol. The van der Waals surface area contributed by atoms with Crippen LogP contribution in [0.2, 0.25) is 0 Å². The normalized spacial score (nSPS) is 26.0. The Balaban J connectivity index is 0.000000212. The van der Waals surface area contributed by atoms with Crippen LogP contribution in [0, 0.1) is 6.07 Å². The number of halogens is 6. The minimum absolute atomic E-state index is 0. The van der Waals surface area contributed by atoms with Gasteiger partial charge in [-0.1, -0.05) is 200 Å². The smallest absolute Gasteiger partial charge is 2.00 e. The Morgan fingerprint density at radius 3 is 1.14 bits per heavy atom. The van der Waals surface area contributed by atoms with E-state index in [4.69, 9.17) is 18.9 Å². The van der Waals surface area contributed by atoms with Crippen LogP contribution < -0.4 is 46.6 Å². The van der Waals surface area contributed by atoms with Crippen LogP contribution in [0.5, 0.6) is 28.7 Å². The van der Waals surface area contributed by atoms with Crippen LogP contribution >= 0.6 is 105 Å². The molecule has 10 unspecified atom stereocenters. The van der Waals surface area contributed by atoms with Crippen molar-refractivity contribution < 1.29 is 55.9 Å². The van der Waals surface area contributed by atoms with Crippen LogP contribution in [-0.4, -0.2) is 152 Å². The first kappa shape index (κ1) is 100. The number of benzene rings is 8. The van der Waals surface area contributed by atoms with E-state index in [0.29, 0.717) is 47.5 Å². The number of piperidine rings is 5. The topological polar surface area (TPSA) is 128 Å². The van der Waals surface area contributed by atoms with Crippen molar-refractivity contribution in [3.8, 4) is 28.7 Å². The SMILES string of the molecule is C.C.CI.CI.COc1c[c-]ccc1.COc1cccc(C2(O)CC3CCC(C2)N3Cc2ccccc2)c1.COc1cccc(C2CC3CCC(C2)N3)c1.COc1cccc(C2CC3CCC(C2)N3Cc2ccccc2)c1.O=C1CC2CCC(C1)N2Cc1ccccc1.Oc1cccc(C2CC3CCC(C2)N3)c1.[Br-].[I][V]([I])[I].[Mg+2]. The minimum Gasteiger partial charge on any atom is 2.00 e. The summed E-state index contributed by atoms with van der Waals surface area (Å²) in [5, 5.41) is 28.2. The van der Waals surface area contributed by atoms with Crippen LogP contribution in [0.1, 0.15) is 200 Å². The standard InChI is InChI=1S/C21H25NO2.C21H25NO.C14H19NO.C14H17NO.C13H17NO.C7H7O.2CH3I.2CH4.BrH.3HI.Mg.V/c1-24-20-9-5-8-17(12-20)21(23)13-18-10-11-19(14-21)22(18)15-16-6-3-2-4-7-16;1-23-21-9-5-8-17(14-21)18-12-19-10-11-20(13-18)22(19)15-16-6-3-2-4-7-16;1-16-14-4-2-3-10(9-14)11-7-12-5-6-13(8-11)15-12;16-14-8-12-6-7-13(9-14)15(12)10-11-4-2-1-3-5-11;15-13-3-1-2-9(8-13)10-6-11-4-5-12(7-10)14-11;1-8-7-5-3-2-4-6-7;2*1-2;;;;;;;;/h2-9,12,18-19,23H,10-11,13-15H2,1H3;2-9,14,18-20H,10-13,15H2,1H3;2-4,9,11-13,15H,5-8H2,1H3;1-5,12-13H,6-10H2;1-3,8,10-12,14-15H,4-7H2;2-3,5-6H,1H3;2*1H3;2*1H4;4*1H;;/q;;;;;-1;;;;;;;;;+2;+3/p-4. The zero-order chi connectivity index (χ0) is 77.8. The van der Waals surface area contributed by atoms with Crippen molar-refractivity contribution >= 4 is 134 Å². The second-order valence-electron chi connectivity index (χ2n) is 30.8. The van der Waals surface area contributed by atoms with E-state index >= 15 is 0 Å². The van der Waals surface area contributed by atoms with E-state index in [1.807, 2.05) is 76.6 Å². The molecule has 0 aliphatic carbocycles. The van der Waals surface area contributed by atoms with E-state index in [-0.39, 0.29) is 59.8 Å². The number of phenolic OH excluding ortho intramolecular Hbond substituents is 1. The molecule has 10 heterocycles. The third-order valence-electron chi connectivity index (χ3n) is 24.1. The van der Waals surface area contributed by atoms with Crippen molar-refractivity contribution in [3.05, 3.63) is 257 Å². The number of phenols is 1. The zero-order valence-corrected chi connectivity index (χ0v) is 81.4. The number of ketones is 1. The second kappa shape index (κ2) is 52.9. The van der Waals surface area contributed by atoms with Gasteiger partial charge >= 0.3 is 87.9 Å². The van der Waals surface area contributed by atoms with Crippen LogP contribution in [0.25, 0.3) is 0 Å². The summed E-state index contributed by atoms with van der Waals surface area (Å²) in [5.41, 5.74) is 8.68. The number of Topliss-reactive ketones (excluding diaryl/α,β-unsaturated/α-hetero) is 1. The number of aliphatic hydroxyl groups is 1. The van der Waals surface area contributed by atoms with Crippen molar-refractivity contribution in [1.82, 2.24) is 25.3 Å². The average Bonchev–Trinajstić information content (AvgIpc) is 1.49. The fourth-order valence-corrected chi connectivity index (χ4v) is 19.0. The molecule has 10 aliphatic heterocycles. The summed E-state index contributed by atoms with van der Waals surface area (Å²) in [6.07, 6.45) is 23.7. The summed E-state index contributed by atoms with van der Waals surface area (Å²) in [7, 11) is 6.81. The summed E-state index contributed by atoms with van der Waals surface area (Å²) >= 11 is 11.7. The van der Waals surface area contributed by atoms with Gasteiger partial charge in [0.2, 0.25) is 0 Å². The van der Waals surface area contributed by atoms with E-state index in [9.17, 15) is 15.0 Å². The number of nitrogens with one attached hydrogen (secondary N) is 2. The fraction of sp³-hybridized carbons (Fsp3) is 0.479. The molecule has 0 aromatic heterocycles. The Labute approximate surface area is 776 Å². The zero-order valence-electron chi connectivity index (χ0n) is 66.2. The molecule has 12 nitrogen and oxygen atoms in total. The molecule has 0 amide bonds. The predicted molar refractivity (Wildman–Crippen MR) is 510 cm³/mol. The maximum atomic E-state index is 11.5. The van der Waals surface area contributed by atoms with E-state index in [1.54, 1.807) is 40.6 Å². The van der Waals surface area contributed by atoms with Crippen LogP contribution in [0.4, 0.5) is 0 Å². The maximum absolute atomic E-state index is 11.5. The second-order valence-corrected chi connectivity index (χ2v) is 66.2. The summed E-state index contributed by atoms with van der Waals surface area (Å²) in [4.78, 5) is 23.1. The summed E-state index contributed by atoms with van der Waals surface area (Å²) in [6.45, 7) is 3.12. The Kier molecular flexibility index (Phi) is 46.6. The van der Waals surface area contributed by atoms with Gasteiger partial charge in [0.05, 0.1) is 34.0 Å². The van der Waals surface area contributed by atoms with Gasteiger partial charge in [0.25, 0.3) is 0 Å². The molecule has 10 fully saturated rings. The van der Waals surface area contributed by atoms with Gasteiger partial charge in [-0.15, -0.1) is 12.1 Å². The summed E-state index contributed by atoms with van der Waals surface area (Å²) < 4.78 is 20.9. The van der Waals surface area contributed by atoms with E-state index in [1.165, 1.54) is 136 Å². The molecule has 8 aromatic carbocycles. The number of methoxy groups -OCH3 is 4. The molecule has 10 saturated heterocycles. The maximum Gasteiger partial charge on any atom is 2.00 e. The third-order valence-corrected chi connectivity index (χ3v) is 24.1. The van der Waals surface area contributed by atoms with Crippen LogP contribution in [0.3, 0.4) is 0 Å². The van der Waals surface area contributed by atoms with Crippen molar-refractivity contribution in [2.75, 3.05) is 38.3 Å². The molecule has 10 aliphatic rings. The van der Waals surface area contributed by atoms with Gasteiger partial charge in [-0.2, -0.15) is 18.2 Å². The predicted octanol–water partition coefficient (Wildman–Crippen LogP) is 19.9. The molecule has 10 bridgehead atoms. The van der Waals surface area contributed by atoms with Gasteiger partial charge in [-0.3, -0.25) is 19.5 Å². The van der Waals surface area contributed by atoms with Gasteiger partial charge in [0.15, 0.2) is 0 Å². The molecular formula is C94H124BrI5MgN5O7V. The first-order chi connectivity index (χ1) is 53.7. The molecule has 114 heavy (non-hydrogen) atoms. The molecule has 10 atom stereocenters. The number of hydrogen-bond acceptors (Lipinski definition) is 12. The van der Waals surface area contributed by atoms with Crippen molar-refractivity contribution in [3.63, 3.8) is 0 Å². The number of rotatable bonds is 14. The number of hydrogen-bond donors (Lipinski definition) is 4. The molecule has 8 aromatic rings. The quantitative estimate of drug-likeness (QED) is 0.0358. The van der Waals surface area contributed by atoms with Gasteiger partial charge in [0.1, 0.15) is 28.8 Å². The largest absolute Gasteiger partial charge is 2.00 e. The molecule has 18 rings (SSSR count). The molecule has 0 spiro atoms. The fourth-order valence-electron chi connectivity index (χ4n) is 19.0. The van der Waals surface area contributed by atoms with Crippen molar-refractivity contribution in [2.24, 2.45) is 0 Å². The van der Waals surface area contributed by atoms with Crippen LogP contribution in [-0.2, 0) is 35.0 Å². The van der Waals surface area contributed by atoms with Crippen molar-refractivity contribution in [2.45, 2.75) is 247 Å². The first-order valence-corrected chi connectivity index (χ1v) is 57.4. The molecule has 4 N–H and O–H groups in total. The van der Waals surface area contributed by atoms with Gasteiger partial charge < -0.3 is 56.8 Å². The summed E-state index contributed by atoms with van der Waals surface area (Å²) in [5.74, 6) is 6.59. The van der Waals surface area contributed by atoms with Gasteiger partial charge in [-0.05, 0) is 231 Å². The monoisotopic (exact) mass is 2220 g/mol. The number of carbonyl (C=O) groups is 1. The molecule has 616 valence electrons. The number of alkyl halides is 2. The van der Waals surface area contributed by atoms with E-state index < -0.39 is 5.60 Å². The van der Waals surface area contributed by atoms with Gasteiger partial charge in [-0.25, -0.2) is 0 Å². The number of nitrogens with zero attached hydrogens (tertiary/aromatic N) is 3. The number of ether oxygens (including phenoxy) is 4. The Hall–Kier alpha value is -2.33. The molecule has 0 saturated carbocycles. The molecule has 0 radical (unpaired) electrons. The van der Waals surface area contributed by atoms with Crippen molar-refractivity contribution in [1.29, 1.82) is 0 Å². The van der Waals surface area contributed by atoms with E-state index in [2.05, 4.69) is 270 Å². The van der Waals surface area contributed by atoms with Gasteiger partial charge in [0, 0.05) is 98.6 Å². The van der Waals surface area contributed by atoms with Crippen LogP contribution in [0.15, 0.2) is 212 Å². The Morgan fingerprint density at radius 2 is 0.763 bits per heavy atom. The Morgan fingerprint density at radius 1 is 0.430 bits per heavy atom. The number of aromatic hydroxyl groups is 1. The Bertz CT molecular complexity index is 3920. The first-order valence-electron chi connectivity index (χ1n) is 39.6. The third kappa shape index (κ3) is 30.3. The molecular weight excluding hydrogens is 2100 g/mol.